The minimum atomic E-state index is -0.713. The van der Waals surface area contributed by atoms with Crippen molar-refractivity contribution in [1.29, 1.82) is 0 Å². The van der Waals surface area contributed by atoms with Gasteiger partial charge in [0.1, 0.15) is 5.75 Å². The monoisotopic (exact) mass is 312 g/mol. The van der Waals surface area contributed by atoms with E-state index in [0.717, 1.165) is 11.1 Å². The van der Waals surface area contributed by atoms with Crippen LogP contribution in [0.2, 0.25) is 0 Å². The molecule has 2 rings (SSSR count). The lowest BCUT2D eigenvalue weighted by atomic mass is 10.1. The van der Waals surface area contributed by atoms with Crippen LogP contribution in [-0.4, -0.2) is 17.9 Å². The molecule has 0 fully saturated rings. The Bertz CT molecular complexity index is 654. The maximum Gasteiger partial charge on any atom is 0.279 e. The minimum Gasteiger partial charge on any atom is -0.481 e. The van der Waals surface area contributed by atoms with Gasteiger partial charge in [-0.05, 0) is 31.5 Å². The molecule has 0 saturated heterocycles. The molecule has 0 aliphatic heterocycles. The number of nitrogens with one attached hydrogen (secondary N) is 2. The van der Waals surface area contributed by atoms with Crippen molar-refractivity contribution in [1.82, 2.24) is 10.9 Å². The molecule has 2 aromatic rings. The second-order valence-corrected chi connectivity index (χ2v) is 5.27. The van der Waals surface area contributed by atoms with Crippen LogP contribution < -0.4 is 15.6 Å². The summed E-state index contributed by atoms with van der Waals surface area (Å²) in [5.74, 6) is -0.0899. The fraction of sp³-hybridized carbons (Fsp3) is 0.222. The number of carbonyl (C=O) groups excluding carboxylic acids is 2. The standard InChI is InChI=1S/C18H20N2O3/c1-13-8-10-16(11-9-13)23-14(2)18(22)20-19-17(21)12-15-6-4-3-5-7-15/h3-11,14H,12H2,1-2H3,(H,19,21)(H,20,22). The van der Waals surface area contributed by atoms with Gasteiger partial charge in [0.2, 0.25) is 5.91 Å². The number of hydrogen-bond donors (Lipinski definition) is 2. The number of amides is 2. The van der Waals surface area contributed by atoms with Gasteiger partial charge < -0.3 is 4.74 Å². The van der Waals surface area contributed by atoms with Gasteiger partial charge in [-0.1, -0.05) is 48.0 Å². The van der Waals surface area contributed by atoms with Crippen LogP contribution in [0.1, 0.15) is 18.1 Å². The first-order chi connectivity index (χ1) is 11.0. The summed E-state index contributed by atoms with van der Waals surface area (Å²) in [5, 5.41) is 0. The second-order valence-electron chi connectivity index (χ2n) is 5.27. The van der Waals surface area contributed by atoms with Crippen LogP contribution in [0, 0.1) is 6.92 Å². The third-order valence-corrected chi connectivity index (χ3v) is 3.24. The fourth-order valence-electron chi connectivity index (χ4n) is 1.93. The average molecular weight is 312 g/mol. The number of carbonyl (C=O) groups is 2. The molecule has 0 spiro atoms. The molecule has 120 valence electrons. The Morgan fingerprint density at radius 3 is 2.30 bits per heavy atom. The van der Waals surface area contributed by atoms with E-state index in [1.807, 2.05) is 49.4 Å². The average Bonchev–Trinajstić information content (AvgIpc) is 2.55. The predicted molar refractivity (Wildman–Crippen MR) is 87.7 cm³/mol. The molecule has 1 atom stereocenters. The zero-order valence-corrected chi connectivity index (χ0v) is 13.2. The van der Waals surface area contributed by atoms with E-state index < -0.39 is 12.0 Å². The molecule has 0 radical (unpaired) electrons. The fourth-order valence-corrected chi connectivity index (χ4v) is 1.93. The van der Waals surface area contributed by atoms with Crippen molar-refractivity contribution in [3.63, 3.8) is 0 Å². The van der Waals surface area contributed by atoms with Gasteiger partial charge in [-0.15, -0.1) is 0 Å². The van der Waals surface area contributed by atoms with Crippen molar-refractivity contribution >= 4 is 11.8 Å². The van der Waals surface area contributed by atoms with Crippen LogP contribution in [0.15, 0.2) is 54.6 Å². The first kappa shape index (κ1) is 16.5. The van der Waals surface area contributed by atoms with E-state index in [1.54, 1.807) is 19.1 Å². The number of ether oxygens (including phenoxy) is 1. The Balaban J connectivity index is 1.77. The van der Waals surface area contributed by atoms with Crippen LogP contribution >= 0.6 is 0 Å². The van der Waals surface area contributed by atoms with Gasteiger partial charge in [-0.3, -0.25) is 20.4 Å². The zero-order chi connectivity index (χ0) is 16.7. The molecular weight excluding hydrogens is 292 g/mol. The first-order valence-corrected chi connectivity index (χ1v) is 7.40. The van der Waals surface area contributed by atoms with E-state index in [0.29, 0.717) is 5.75 Å². The molecule has 2 aromatic carbocycles. The molecule has 1 unspecified atom stereocenters. The Labute approximate surface area is 135 Å². The number of benzene rings is 2. The van der Waals surface area contributed by atoms with Crippen molar-refractivity contribution in [2.24, 2.45) is 0 Å². The van der Waals surface area contributed by atoms with Crippen molar-refractivity contribution in [3.05, 3.63) is 65.7 Å². The lowest BCUT2D eigenvalue weighted by Crippen LogP contribution is -2.47. The highest BCUT2D eigenvalue weighted by atomic mass is 16.5. The molecule has 5 nitrogen and oxygen atoms in total. The smallest absolute Gasteiger partial charge is 0.279 e. The van der Waals surface area contributed by atoms with Gasteiger partial charge in [-0.2, -0.15) is 0 Å². The second kappa shape index (κ2) is 7.98. The number of hydrazine groups is 1. The lowest BCUT2D eigenvalue weighted by Gasteiger charge is -2.15. The quantitative estimate of drug-likeness (QED) is 0.831. The van der Waals surface area contributed by atoms with Crippen LogP contribution in [0.5, 0.6) is 5.75 Å². The molecule has 0 aromatic heterocycles. The van der Waals surface area contributed by atoms with Gasteiger partial charge in [0.25, 0.3) is 5.91 Å². The van der Waals surface area contributed by atoms with E-state index in [4.69, 9.17) is 4.74 Å². The number of aryl methyl sites for hydroxylation is 1. The van der Waals surface area contributed by atoms with E-state index in [9.17, 15) is 9.59 Å². The van der Waals surface area contributed by atoms with Crippen LogP contribution in [0.3, 0.4) is 0 Å². The molecule has 23 heavy (non-hydrogen) atoms. The number of rotatable bonds is 5. The highest BCUT2D eigenvalue weighted by Gasteiger charge is 2.15. The van der Waals surface area contributed by atoms with Crippen molar-refractivity contribution < 1.29 is 14.3 Å². The summed E-state index contributed by atoms with van der Waals surface area (Å²) >= 11 is 0. The molecule has 0 aliphatic rings. The highest BCUT2D eigenvalue weighted by Crippen LogP contribution is 2.13. The summed E-state index contributed by atoms with van der Waals surface area (Å²) < 4.78 is 5.52. The summed E-state index contributed by atoms with van der Waals surface area (Å²) in [6.45, 7) is 3.60. The van der Waals surface area contributed by atoms with Gasteiger partial charge in [0.15, 0.2) is 6.10 Å². The topological polar surface area (TPSA) is 67.4 Å². The Morgan fingerprint density at radius 1 is 1.00 bits per heavy atom. The molecule has 2 N–H and O–H groups in total. The van der Waals surface area contributed by atoms with Crippen molar-refractivity contribution in [2.45, 2.75) is 26.4 Å². The molecule has 0 aliphatic carbocycles. The highest BCUT2D eigenvalue weighted by molar-refractivity contribution is 5.85. The molecular formula is C18H20N2O3. The summed E-state index contributed by atoms with van der Waals surface area (Å²) in [6.07, 6.45) is -0.511. The molecule has 0 saturated carbocycles. The first-order valence-electron chi connectivity index (χ1n) is 7.40. The van der Waals surface area contributed by atoms with Gasteiger partial charge in [0, 0.05) is 0 Å². The van der Waals surface area contributed by atoms with Crippen molar-refractivity contribution in [2.75, 3.05) is 0 Å². The van der Waals surface area contributed by atoms with Gasteiger partial charge in [0.05, 0.1) is 6.42 Å². The summed E-state index contributed by atoms with van der Waals surface area (Å²) in [5.41, 5.74) is 6.75. The molecule has 0 heterocycles. The van der Waals surface area contributed by atoms with E-state index in [2.05, 4.69) is 10.9 Å². The minimum absolute atomic E-state index is 0.203. The van der Waals surface area contributed by atoms with E-state index in [1.165, 1.54) is 0 Å². The lowest BCUT2D eigenvalue weighted by molar-refractivity contribution is -0.132. The van der Waals surface area contributed by atoms with Gasteiger partial charge in [-0.25, -0.2) is 0 Å². The Kier molecular flexibility index (Phi) is 5.74. The zero-order valence-electron chi connectivity index (χ0n) is 13.2. The van der Waals surface area contributed by atoms with E-state index >= 15 is 0 Å². The molecule has 2 amide bonds. The van der Waals surface area contributed by atoms with E-state index in [-0.39, 0.29) is 12.3 Å². The summed E-state index contributed by atoms with van der Waals surface area (Å²) in [7, 11) is 0. The van der Waals surface area contributed by atoms with Crippen LogP contribution in [0.25, 0.3) is 0 Å². The van der Waals surface area contributed by atoms with Crippen molar-refractivity contribution in [3.8, 4) is 5.75 Å². The van der Waals surface area contributed by atoms with Gasteiger partial charge >= 0.3 is 0 Å². The number of hydrogen-bond acceptors (Lipinski definition) is 3. The SMILES string of the molecule is Cc1ccc(OC(C)C(=O)NNC(=O)Cc2ccccc2)cc1. The maximum atomic E-state index is 11.9. The third kappa shape index (κ3) is 5.47. The predicted octanol–water partition coefficient (Wildman–Crippen LogP) is 2.15. The van der Waals surface area contributed by atoms with Crippen LogP contribution in [0.4, 0.5) is 0 Å². The summed E-state index contributed by atoms with van der Waals surface area (Å²) in [6, 6.07) is 16.7. The molecule has 5 heteroatoms. The third-order valence-electron chi connectivity index (χ3n) is 3.24. The maximum absolute atomic E-state index is 11.9. The Morgan fingerprint density at radius 2 is 1.65 bits per heavy atom. The molecule has 0 bridgehead atoms. The summed E-state index contributed by atoms with van der Waals surface area (Å²) in [4.78, 5) is 23.7. The Hall–Kier alpha value is -2.82. The largest absolute Gasteiger partial charge is 0.481 e. The van der Waals surface area contributed by atoms with Crippen LogP contribution in [-0.2, 0) is 16.0 Å². The normalized spacial score (nSPS) is 11.4.